The molecule has 0 radical (unpaired) electrons. The Bertz CT molecular complexity index is 1230. The number of aldehydes is 1. The van der Waals surface area contributed by atoms with E-state index in [0.717, 1.165) is 72.5 Å². The summed E-state index contributed by atoms with van der Waals surface area (Å²) in [7, 11) is 4.27. The smallest absolute Gasteiger partial charge is 0.170 e. The summed E-state index contributed by atoms with van der Waals surface area (Å²) < 4.78 is 14.2. The number of halogens is 2. The van der Waals surface area contributed by atoms with Crippen LogP contribution in [0.3, 0.4) is 0 Å². The van der Waals surface area contributed by atoms with Crippen LogP contribution in [0, 0.1) is 5.82 Å². The molecule has 0 aliphatic heterocycles. The third-order valence-corrected chi connectivity index (χ3v) is 7.83. The highest BCUT2D eigenvalue weighted by molar-refractivity contribution is 6.32. The first-order chi connectivity index (χ1) is 16.3. The molecule has 0 bridgehead atoms. The minimum Gasteiger partial charge on any atom is -0.504 e. The van der Waals surface area contributed by atoms with Crippen molar-refractivity contribution in [2.45, 2.75) is 56.0 Å². The third-order valence-electron chi connectivity index (χ3n) is 7.54. The van der Waals surface area contributed by atoms with Crippen molar-refractivity contribution in [2.24, 2.45) is 0 Å². The molecule has 0 saturated heterocycles. The summed E-state index contributed by atoms with van der Waals surface area (Å²) in [6, 6.07) is 9.50. The van der Waals surface area contributed by atoms with Crippen LogP contribution in [0.4, 0.5) is 10.1 Å². The van der Waals surface area contributed by atoms with Crippen LogP contribution in [0.15, 0.2) is 36.5 Å². The van der Waals surface area contributed by atoms with E-state index in [4.69, 9.17) is 11.6 Å². The van der Waals surface area contributed by atoms with E-state index in [0.29, 0.717) is 17.6 Å². The number of rotatable bonds is 6. The first-order valence-corrected chi connectivity index (χ1v) is 12.2. The van der Waals surface area contributed by atoms with E-state index in [1.54, 1.807) is 6.07 Å². The number of phenolic OH excluding ortho intramolecular Hbond substituents is 1. The van der Waals surface area contributed by atoms with Gasteiger partial charge in [-0.2, -0.15) is 0 Å². The summed E-state index contributed by atoms with van der Waals surface area (Å²) in [6.07, 6.45) is 8.90. The topological polar surface area (TPSA) is 65.5 Å². The Kier molecular flexibility index (Phi) is 5.98. The molecule has 34 heavy (non-hydrogen) atoms. The fourth-order valence-corrected chi connectivity index (χ4v) is 5.37. The minimum absolute atomic E-state index is 0.0316. The molecule has 2 N–H and O–H groups in total. The Morgan fingerprint density at radius 1 is 1.15 bits per heavy atom. The van der Waals surface area contributed by atoms with Gasteiger partial charge in [0.15, 0.2) is 11.6 Å². The zero-order chi connectivity index (χ0) is 24.0. The van der Waals surface area contributed by atoms with Gasteiger partial charge in [-0.25, -0.2) is 4.39 Å². The monoisotopic (exact) mass is 481 g/mol. The number of nitrogens with one attached hydrogen (secondary N) is 1. The summed E-state index contributed by atoms with van der Waals surface area (Å²) in [5.74, 6) is -1.31. The fraction of sp³-hybridized carbons (Fsp3) is 0.407. The van der Waals surface area contributed by atoms with Crippen molar-refractivity contribution in [2.75, 3.05) is 19.4 Å². The molecule has 2 saturated carbocycles. The van der Waals surface area contributed by atoms with E-state index in [1.165, 1.54) is 6.07 Å². The van der Waals surface area contributed by atoms with Crippen molar-refractivity contribution < 1.29 is 14.3 Å². The maximum Gasteiger partial charge on any atom is 0.170 e. The van der Waals surface area contributed by atoms with Gasteiger partial charge in [-0.1, -0.05) is 17.7 Å². The molecule has 3 aromatic rings. The van der Waals surface area contributed by atoms with E-state index in [2.05, 4.69) is 29.3 Å². The molecule has 2 fully saturated rings. The number of phenols is 1. The van der Waals surface area contributed by atoms with Crippen molar-refractivity contribution in [3.8, 4) is 16.9 Å². The highest BCUT2D eigenvalue weighted by Crippen LogP contribution is 2.50. The van der Waals surface area contributed by atoms with Crippen molar-refractivity contribution in [1.29, 1.82) is 0 Å². The lowest BCUT2D eigenvalue weighted by atomic mass is 9.89. The minimum atomic E-state index is -0.761. The molecule has 5 rings (SSSR count). The molecule has 0 atom stereocenters. The van der Waals surface area contributed by atoms with Crippen LogP contribution in [0.2, 0.25) is 5.02 Å². The van der Waals surface area contributed by atoms with Gasteiger partial charge in [-0.15, -0.1) is 0 Å². The number of fused-ring (bicyclic) bond motifs is 1. The van der Waals surface area contributed by atoms with Gasteiger partial charge in [0.1, 0.15) is 6.29 Å². The van der Waals surface area contributed by atoms with Crippen LogP contribution < -0.4 is 5.32 Å². The molecule has 0 unspecified atom stereocenters. The average Bonchev–Trinajstić information content (AvgIpc) is 3.63. The number of carbonyl (C=O) groups is 1. The predicted octanol–water partition coefficient (Wildman–Crippen LogP) is 5.92. The number of hydrogen-bond donors (Lipinski definition) is 2. The number of pyridine rings is 1. The zero-order valence-corrected chi connectivity index (χ0v) is 20.2. The summed E-state index contributed by atoms with van der Waals surface area (Å²) in [5.41, 5.74) is 3.56. The second-order valence-corrected chi connectivity index (χ2v) is 10.4. The van der Waals surface area contributed by atoms with Crippen molar-refractivity contribution in [3.05, 3.63) is 52.9 Å². The maximum atomic E-state index is 14.2. The van der Waals surface area contributed by atoms with E-state index >= 15 is 0 Å². The lowest BCUT2D eigenvalue weighted by molar-refractivity contribution is -0.109. The van der Waals surface area contributed by atoms with Crippen molar-refractivity contribution in [3.63, 3.8) is 0 Å². The van der Waals surface area contributed by atoms with Gasteiger partial charge in [-0.3, -0.25) is 4.98 Å². The SMILES string of the molecule is CN(C)[C@H]1CC[C@H](Nc2c(C3(C=O)CC3)cnc3ccc(-c4cc(F)c(O)c(Cl)c4)cc23)CC1. The van der Waals surface area contributed by atoms with Gasteiger partial charge < -0.3 is 20.1 Å². The molecule has 2 aliphatic carbocycles. The number of aromatic nitrogens is 1. The molecular formula is C27H29ClFN3O2. The molecule has 1 aromatic heterocycles. The van der Waals surface area contributed by atoms with Gasteiger partial charge in [0, 0.05) is 34.9 Å². The van der Waals surface area contributed by atoms with Crippen molar-refractivity contribution >= 4 is 34.5 Å². The van der Waals surface area contributed by atoms with Gasteiger partial charge in [0.2, 0.25) is 0 Å². The molecule has 7 heteroatoms. The summed E-state index contributed by atoms with van der Waals surface area (Å²) in [4.78, 5) is 19.0. The molecule has 0 spiro atoms. The first kappa shape index (κ1) is 23.1. The normalized spacial score (nSPS) is 21.6. The third kappa shape index (κ3) is 4.14. The maximum absolute atomic E-state index is 14.2. The molecule has 178 valence electrons. The first-order valence-electron chi connectivity index (χ1n) is 11.8. The Labute approximate surface area is 203 Å². The Balaban J connectivity index is 1.58. The molecule has 2 aromatic carbocycles. The van der Waals surface area contributed by atoms with E-state index in [9.17, 15) is 14.3 Å². The molecule has 5 nitrogen and oxygen atoms in total. The summed E-state index contributed by atoms with van der Waals surface area (Å²) >= 11 is 6.04. The van der Waals surface area contributed by atoms with Crippen LogP contribution in [0.25, 0.3) is 22.0 Å². The quantitative estimate of drug-likeness (QED) is 0.428. The Morgan fingerprint density at radius 3 is 2.50 bits per heavy atom. The van der Waals surface area contributed by atoms with Gasteiger partial charge in [0.25, 0.3) is 0 Å². The molecule has 0 amide bonds. The second kappa shape index (κ2) is 8.82. The summed E-state index contributed by atoms with van der Waals surface area (Å²) in [6.45, 7) is 0. The lowest BCUT2D eigenvalue weighted by Crippen LogP contribution is -2.36. The van der Waals surface area contributed by atoms with Gasteiger partial charge >= 0.3 is 0 Å². The van der Waals surface area contributed by atoms with Crippen LogP contribution in [-0.2, 0) is 10.2 Å². The Hall–Kier alpha value is -2.70. The summed E-state index contributed by atoms with van der Waals surface area (Å²) in [5, 5.41) is 14.4. The predicted molar refractivity (Wildman–Crippen MR) is 134 cm³/mol. The van der Waals surface area contributed by atoms with Crippen LogP contribution in [0.1, 0.15) is 44.1 Å². The zero-order valence-electron chi connectivity index (χ0n) is 19.4. The van der Waals surface area contributed by atoms with Crippen LogP contribution in [0.5, 0.6) is 5.75 Å². The number of nitrogens with zero attached hydrogens (tertiary/aromatic N) is 2. The van der Waals surface area contributed by atoms with Gasteiger partial charge in [0.05, 0.1) is 16.0 Å². The molecule has 1 heterocycles. The van der Waals surface area contributed by atoms with Gasteiger partial charge in [-0.05, 0) is 88.0 Å². The molecule has 2 aliphatic rings. The number of benzene rings is 2. The number of hydrogen-bond acceptors (Lipinski definition) is 5. The number of aromatic hydroxyl groups is 1. The standard InChI is InChI=1S/C27H29ClFN3O2/c1-32(2)19-6-4-18(5-7-19)31-25-20-11-16(17-12-22(28)26(34)23(29)13-17)3-8-24(20)30-14-21(25)27(15-33)9-10-27/h3,8,11-15,18-19,34H,4-7,9-10H2,1-2H3,(H,30,31)/t18-,19-. The highest BCUT2D eigenvalue weighted by atomic mass is 35.5. The average molecular weight is 482 g/mol. The van der Waals surface area contributed by atoms with Crippen LogP contribution >= 0.6 is 11.6 Å². The highest BCUT2D eigenvalue weighted by Gasteiger charge is 2.46. The van der Waals surface area contributed by atoms with E-state index in [-0.39, 0.29) is 5.02 Å². The largest absolute Gasteiger partial charge is 0.504 e. The van der Waals surface area contributed by atoms with Crippen LogP contribution in [-0.4, -0.2) is 47.5 Å². The van der Waals surface area contributed by atoms with E-state index in [1.807, 2.05) is 24.4 Å². The Morgan fingerprint density at radius 2 is 1.88 bits per heavy atom. The van der Waals surface area contributed by atoms with E-state index < -0.39 is 17.0 Å². The fourth-order valence-electron chi connectivity index (χ4n) is 5.16. The molecular weight excluding hydrogens is 453 g/mol. The number of carbonyl (C=O) groups excluding carboxylic acids is 1. The number of anilines is 1. The van der Waals surface area contributed by atoms with Crippen molar-refractivity contribution in [1.82, 2.24) is 9.88 Å². The second-order valence-electron chi connectivity index (χ2n) is 9.95. The lowest BCUT2D eigenvalue weighted by Gasteiger charge is -2.34.